The predicted octanol–water partition coefficient (Wildman–Crippen LogP) is 4.90. The molecule has 0 unspecified atom stereocenters. The van der Waals surface area contributed by atoms with Gasteiger partial charge < -0.3 is 15.3 Å². The van der Waals surface area contributed by atoms with Crippen LogP contribution in [0.1, 0.15) is 90.4 Å². The van der Waals surface area contributed by atoms with Gasteiger partial charge in [0.25, 0.3) is 0 Å². The van der Waals surface area contributed by atoms with Gasteiger partial charge in [-0.15, -0.1) is 0 Å². The molecule has 142 valence electrons. The fourth-order valence-electron chi connectivity index (χ4n) is 2.70. The maximum absolute atomic E-state index is 9.67. The van der Waals surface area contributed by atoms with Crippen molar-refractivity contribution in [2.75, 3.05) is 6.61 Å². The molecule has 2 atom stereocenters. The number of hydrogen-bond acceptors (Lipinski definition) is 3. The topological polar surface area (TPSA) is 60.7 Å². The summed E-state index contributed by atoms with van der Waals surface area (Å²) in [4.78, 5) is 0. The molecule has 3 N–H and O–H groups in total. The summed E-state index contributed by atoms with van der Waals surface area (Å²) in [7, 11) is 0. The normalized spacial score (nSPS) is 14.7. The zero-order valence-corrected chi connectivity index (χ0v) is 15.7. The third kappa shape index (κ3) is 17.7. The van der Waals surface area contributed by atoms with Gasteiger partial charge in [0, 0.05) is 6.42 Å². The van der Waals surface area contributed by atoms with E-state index in [1.807, 2.05) is 0 Å². The first-order valence-corrected chi connectivity index (χ1v) is 9.97. The average molecular weight is 341 g/mol. The molecule has 0 aromatic carbocycles. The van der Waals surface area contributed by atoms with Gasteiger partial charge in [-0.2, -0.15) is 0 Å². The van der Waals surface area contributed by atoms with Gasteiger partial charge in [0.15, 0.2) is 0 Å². The van der Waals surface area contributed by atoms with Crippen molar-refractivity contribution in [1.82, 2.24) is 0 Å². The molecule has 0 fully saturated rings. The van der Waals surface area contributed by atoms with Crippen molar-refractivity contribution < 1.29 is 15.3 Å². The second-order valence-corrected chi connectivity index (χ2v) is 6.75. The average Bonchev–Trinajstić information content (AvgIpc) is 2.58. The van der Waals surface area contributed by atoms with Gasteiger partial charge in [-0.05, 0) is 38.5 Å². The first kappa shape index (κ1) is 23.4. The monoisotopic (exact) mass is 340 g/mol. The molecule has 0 aliphatic carbocycles. The quantitative estimate of drug-likeness (QED) is 0.260. The van der Waals surface area contributed by atoms with Crippen LogP contribution < -0.4 is 0 Å². The molecule has 0 saturated carbocycles. The summed E-state index contributed by atoms with van der Waals surface area (Å²) in [6, 6.07) is 0. The lowest BCUT2D eigenvalue weighted by atomic mass is 10.0. The molecule has 0 radical (unpaired) electrons. The third-order valence-corrected chi connectivity index (χ3v) is 4.24. The number of aliphatic hydroxyl groups is 3. The Morgan fingerprint density at radius 3 is 1.92 bits per heavy atom. The number of aliphatic hydroxyl groups excluding tert-OH is 3. The Hall–Kier alpha value is -0.640. The van der Waals surface area contributed by atoms with Crippen LogP contribution in [0.25, 0.3) is 0 Å². The lowest BCUT2D eigenvalue weighted by molar-refractivity contribution is 0.0380. The van der Waals surface area contributed by atoms with Crippen LogP contribution in [-0.2, 0) is 0 Å². The minimum absolute atomic E-state index is 0.265. The fourth-order valence-corrected chi connectivity index (χ4v) is 2.70. The minimum atomic E-state index is -0.780. The van der Waals surface area contributed by atoms with E-state index in [9.17, 15) is 10.2 Å². The first-order chi connectivity index (χ1) is 11.7. The molecular weight excluding hydrogens is 300 g/mol. The molecule has 0 aliphatic heterocycles. The van der Waals surface area contributed by atoms with Crippen LogP contribution in [-0.4, -0.2) is 34.1 Å². The van der Waals surface area contributed by atoms with E-state index < -0.39 is 12.2 Å². The number of hydrogen-bond donors (Lipinski definition) is 3. The summed E-state index contributed by atoms with van der Waals surface area (Å²) in [5.74, 6) is 0. The van der Waals surface area contributed by atoms with Crippen molar-refractivity contribution in [1.29, 1.82) is 0 Å². The van der Waals surface area contributed by atoms with Crippen molar-refractivity contribution in [3.63, 3.8) is 0 Å². The van der Waals surface area contributed by atoms with Crippen LogP contribution in [0.15, 0.2) is 24.3 Å². The maximum Gasteiger partial charge on any atom is 0.0795 e. The van der Waals surface area contributed by atoms with Crippen molar-refractivity contribution >= 4 is 0 Å². The Balaban J connectivity index is 3.28. The Labute approximate surface area is 149 Å². The van der Waals surface area contributed by atoms with Crippen LogP contribution >= 0.6 is 0 Å². The van der Waals surface area contributed by atoms with E-state index in [4.69, 9.17) is 5.11 Å². The molecular formula is C21H40O3. The first-order valence-electron chi connectivity index (χ1n) is 9.97. The third-order valence-electron chi connectivity index (χ3n) is 4.24. The maximum atomic E-state index is 9.67. The standard InChI is InChI=1S/C21H40O3/c1-2-3-4-5-6-7-8-9-10-11-12-13-14-15-16-17-20(23)18-21(24)19-22/h6-7,9-10,20-24H,2-5,8,11-19H2,1H3/b7-6-,10-9-/t20-,21-/m1/s1. The summed E-state index contributed by atoms with van der Waals surface area (Å²) in [5.41, 5.74) is 0. The lowest BCUT2D eigenvalue weighted by Gasteiger charge is -2.13. The van der Waals surface area contributed by atoms with E-state index >= 15 is 0 Å². The summed E-state index contributed by atoms with van der Waals surface area (Å²) < 4.78 is 0. The molecule has 0 aliphatic rings. The van der Waals surface area contributed by atoms with Gasteiger partial charge in [-0.3, -0.25) is 0 Å². The molecule has 0 aromatic rings. The van der Waals surface area contributed by atoms with Gasteiger partial charge in [0.05, 0.1) is 18.8 Å². The van der Waals surface area contributed by atoms with Gasteiger partial charge in [-0.25, -0.2) is 0 Å². The van der Waals surface area contributed by atoms with Crippen LogP contribution in [0.5, 0.6) is 0 Å². The van der Waals surface area contributed by atoms with E-state index in [-0.39, 0.29) is 13.0 Å². The van der Waals surface area contributed by atoms with Crippen LogP contribution in [0.4, 0.5) is 0 Å². The summed E-state index contributed by atoms with van der Waals surface area (Å²) in [6.45, 7) is 1.97. The van der Waals surface area contributed by atoms with E-state index in [2.05, 4.69) is 31.2 Å². The molecule has 0 aromatic heterocycles. The van der Waals surface area contributed by atoms with E-state index in [1.54, 1.807) is 0 Å². The summed E-state index contributed by atoms with van der Waals surface area (Å²) in [5, 5.41) is 27.6. The molecule has 0 rings (SSSR count). The highest BCUT2D eigenvalue weighted by molar-refractivity contribution is 4.92. The molecule has 0 amide bonds. The van der Waals surface area contributed by atoms with Gasteiger partial charge in [-0.1, -0.05) is 69.8 Å². The van der Waals surface area contributed by atoms with Gasteiger partial charge >= 0.3 is 0 Å². The molecule has 24 heavy (non-hydrogen) atoms. The summed E-state index contributed by atoms with van der Waals surface area (Å²) in [6.07, 6.45) is 22.1. The van der Waals surface area contributed by atoms with Crippen LogP contribution in [0.3, 0.4) is 0 Å². The second kappa shape index (κ2) is 18.7. The zero-order chi connectivity index (χ0) is 17.9. The minimum Gasteiger partial charge on any atom is -0.394 e. The Morgan fingerprint density at radius 2 is 1.29 bits per heavy atom. The number of rotatable bonds is 17. The highest BCUT2D eigenvalue weighted by Gasteiger charge is 2.10. The lowest BCUT2D eigenvalue weighted by Crippen LogP contribution is -2.20. The van der Waals surface area contributed by atoms with Gasteiger partial charge in [0.2, 0.25) is 0 Å². The Bertz CT molecular complexity index is 299. The number of allylic oxidation sites excluding steroid dienone is 4. The summed E-state index contributed by atoms with van der Waals surface area (Å²) >= 11 is 0. The van der Waals surface area contributed by atoms with Crippen molar-refractivity contribution in [3.05, 3.63) is 24.3 Å². The van der Waals surface area contributed by atoms with E-state index in [0.717, 1.165) is 32.1 Å². The van der Waals surface area contributed by atoms with Crippen LogP contribution in [0, 0.1) is 0 Å². The molecule has 3 nitrogen and oxygen atoms in total. The van der Waals surface area contributed by atoms with Crippen LogP contribution in [0.2, 0.25) is 0 Å². The van der Waals surface area contributed by atoms with Crippen molar-refractivity contribution in [3.8, 4) is 0 Å². The highest BCUT2D eigenvalue weighted by Crippen LogP contribution is 2.11. The fraction of sp³-hybridized carbons (Fsp3) is 0.810. The largest absolute Gasteiger partial charge is 0.394 e. The molecule has 0 bridgehead atoms. The molecule has 0 spiro atoms. The second-order valence-electron chi connectivity index (χ2n) is 6.75. The van der Waals surface area contributed by atoms with E-state index in [0.29, 0.717) is 0 Å². The SMILES string of the molecule is CCCCC/C=C\C/C=C\CCCCCCC[C@@H](O)C[C@@H](O)CO. The molecule has 0 heterocycles. The Kier molecular flexibility index (Phi) is 18.2. The van der Waals surface area contributed by atoms with Crippen molar-refractivity contribution in [2.45, 2.75) is 103 Å². The smallest absolute Gasteiger partial charge is 0.0795 e. The van der Waals surface area contributed by atoms with Gasteiger partial charge in [0.1, 0.15) is 0 Å². The molecule has 0 saturated heterocycles. The number of unbranched alkanes of at least 4 members (excludes halogenated alkanes) is 8. The predicted molar refractivity (Wildman–Crippen MR) is 103 cm³/mol. The zero-order valence-electron chi connectivity index (χ0n) is 15.7. The molecule has 3 heteroatoms. The Morgan fingerprint density at radius 1 is 0.708 bits per heavy atom. The highest BCUT2D eigenvalue weighted by atomic mass is 16.3. The van der Waals surface area contributed by atoms with Crippen molar-refractivity contribution in [2.24, 2.45) is 0 Å². The van der Waals surface area contributed by atoms with E-state index in [1.165, 1.54) is 44.9 Å².